The van der Waals surface area contributed by atoms with E-state index < -0.39 is 0 Å². The fourth-order valence-electron chi connectivity index (χ4n) is 2.54. The van der Waals surface area contributed by atoms with Crippen molar-refractivity contribution in [2.45, 2.75) is 32.2 Å². The highest BCUT2D eigenvalue weighted by Crippen LogP contribution is 2.38. The van der Waals surface area contributed by atoms with Crippen LogP contribution in [0.2, 0.25) is 5.15 Å². The zero-order valence-corrected chi connectivity index (χ0v) is 14.0. The summed E-state index contributed by atoms with van der Waals surface area (Å²) in [6.45, 7) is 2.11. The van der Waals surface area contributed by atoms with Crippen molar-refractivity contribution < 1.29 is 4.42 Å². The van der Waals surface area contributed by atoms with E-state index in [0.717, 1.165) is 23.3 Å². The second-order valence-corrected chi connectivity index (χ2v) is 6.99. The summed E-state index contributed by atoms with van der Waals surface area (Å²) in [5.74, 6) is 1.59. The Morgan fingerprint density at radius 1 is 1.48 bits per heavy atom. The van der Waals surface area contributed by atoms with E-state index in [-0.39, 0.29) is 12.1 Å². The molecule has 0 saturated heterocycles. The van der Waals surface area contributed by atoms with Gasteiger partial charge in [0, 0.05) is 5.56 Å². The number of oxazole rings is 1. The molecule has 3 heterocycles. The number of thiophene rings is 1. The minimum atomic E-state index is -0.0861. The molecule has 0 unspecified atom stereocenters. The highest BCUT2D eigenvalue weighted by Gasteiger charge is 2.28. The summed E-state index contributed by atoms with van der Waals surface area (Å²) in [6, 6.07) is 5.59. The lowest BCUT2D eigenvalue weighted by Crippen LogP contribution is -2.26. The average Bonchev–Trinajstić information content (AvgIpc) is 3.08. The summed E-state index contributed by atoms with van der Waals surface area (Å²) in [7, 11) is 0. The second-order valence-electron chi connectivity index (χ2n) is 5.66. The van der Waals surface area contributed by atoms with Crippen LogP contribution in [-0.2, 0) is 6.54 Å². The molecular weight excluding hydrogens is 334 g/mol. The first kappa shape index (κ1) is 14.7. The standard InChI is InChI=1S/C16H14ClN3O2S/c1-9-12(18-15(22-9)13-3-2-6-23-13)8-20-16(21)11(10-4-5-10)7-14(17)19-20/h2-3,6-7,10H,4-5,8H2,1H3. The Labute approximate surface area is 141 Å². The van der Waals surface area contributed by atoms with Crippen molar-refractivity contribution in [2.75, 3.05) is 0 Å². The quantitative estimate of drug-likeness (QED) is 0.719. The van der Waals surface area contributed by atoms with E-state index >= 15 is 0 Å². The Balaban J connectivity index is 1.70. The average molecular weight is 348 g/mol. The molecule has 0 aromatic carbocycles. The summed E-state index contributed by atoms with van der Waals surface area (Å²) in [5, 5.41) is 6.45. The molecule has 1 aliphatic rings. The van der Waals surface area contributed by atoms with E-state index in [0.29, 0.717) is 28.4 Å². The van der Waals surface area contributed by atoms with Crippen LogP contribution in [0.4, 0.5) is 0 Å². The zero-order valence-electron chi connectivity index (χ0n) is 12.5. The first-order valence-electron chi connectivity index (χ1n) is 7.39. The lowest BCUT2D eigenvalue weighted by molar-refractivity contribution is 0.534. The molecule has 3 aromatic rings. The Kier molecular flexibility index (Phi) is 3.58. The molecule has 3 aromatic heterocycles. The van der Waals surface area contributed by atoms with Gasteiger partial charge in [-0.3, -0.25) is 4.79 Å². The lowest BCUT2D eigenvalue weighted by Gasteiger charge is -2.06. The van der Waals surface area contributed by atoms with Gasteiger partial charge in [0.25, 0.3) is 5.56 Å². The third-order valence-electron chi connectivity index (χ3n) is 3.91. The van der Waals surface area contributed by atoms with Gasteiger partial charge in [-0.05, 0) is 43.2 Å². The summed E-state index contributed by atoms with van der Waals surface area (Å²) < 4.78 is 7.10. The first-order valence-corrected chi connectivity index (χ1v) is 8.65. The van der Waals surface area contributed by atoms with Crippen molar-refractivity contribution in [3.8, 4) is 10.8 Å². The third-order valence-corrected chi connectivity index (χ3v) is 4.96. The van der Waals surface area contributed by atoms with E-state index in [1.54, 1.807) is 17.4 Å². The van der Waals surface area contributed by atoms with Crippen molar-refractivity contribution in [1.82, 2.24) is 14.8 Å². The van der Waals surface area contributed by atoms with Crippen molar-refractivity contribution >= 4 is 22.9 Å². The molecule has 0 spiro atoms. The van der Waals surface area contributed by atoms with Crippen LogP contribution in [0.1, 0.15) is 35.8 Å². The Hall–Kier alpha value is -1.92. The lowest BCUT2D eigenvalue weighted by atomic mass is 10.2. The van der Waals surface area contributed by atoms with Gasteiger partial charge in [-0.25, -0.2) is 9.67 Å². The SMILES string of the molecule is Cc1oc(-c2cccs2)nc1Cn1nc(Cl)cc(C2CC2)c1=O. The van der Waals surface area contributed by atoms with Crippen molar-refractivity contribution in [3.63, 3.8) is 0 Å². The van der Waals surface area contributed by atoms with Crippen LogP contribution in [0.15, 0.2) is 32.8 Å². The predicted octanol–water partition coefficient (Wildman–Crippen LogP) is 3.85. The summed E-state index contributed by atoms with van der Waals surface area (Å²) in [5.41, 5.74) is 1.37. The monoisotopic (exact) mass is 347 g/mol. The molecule has 0 radical (unpaired) electrons. The van der Waals surface area contributed by atoms with Gasteiger partial charge in [0.2, 0.25) is 5.89 Å². The number of hydrogen-bond acceptors (Lipinski definition) is 5. The van der Waals surface area contributed by atoms with Gasteiger partial charge >= 0.3 is 0 Å². The molecule has 0 bridgehead atoms. The molecule has 1 saturated carbocycles. The van der Waals surface area contributed by atoms with Gasteiger partial charge in [0.1, 0.15) is 16.6 Å². The normalized spacial score (nSPS) is 14.3. The van der Waals surface area contributed by atoms with E-state index in [2.05, 4.69) is 10.1 Å². The van der Waals surface area contributed by atoms with Gasteiger partial charge in [0.15, 0.2) is 0 Å². The molecule has 0 atom stereocenters. The van der Waals surface area contributed by atoms with Crippen LogP contribution in [0.25, 0.3) is 10.8 Å². The van der Waals surface area contributed by atoms with Gasteiger partial charge in [0.05, 0.1) is 11.4 Å². The number of rotatable bonds is 4. The van der Waals surface area contributed by atoms with Crippen LogP contribution in [0.5, 0.6) is 0 Å². The number of nitrogens with zero attached hydrogens (tertiary/aromatic N) is 3. The maximum absolute atomic E-state index is 12.5. The maximum atomic E-state index is 12.5. The number of halogens is 1. The topological polar surface area (TPSA) is 60.9 Å². The predicted molar refractivity (Wildman–Crippen MR) is 89.1 cm³/mol. The molecule has 0 N–H and O–H groups in total. The molecule has 118 valence electrons. The van der Waals surface area contributed by atoms with E-state index in [4.69, 9.17) is 16.0 Å². The molecule has 7 heteroatoms. The molecular formula is C16H14ClN3O2S. The van der Waals surface area contributed by atoms with Crippen LogP contribution < -0.4 is 5.56 Å². The molecule has 4 rings (SSSR count). The zero-order chi connectivity index (χ0) is 16.0. The summed E-state index contributed by atoms with van der Waals surface area (Å²) in [6.07, 6.45) is 2.09. The fraction of sp³-hybridized carbons (Fsp3) is 0.312. The fourth-order valence-corrected chi connectivity index (χ4v) is 3.40. The summed E-state index contributed by atoms with van der Waals surface area (Å²) in [4.78, 5) is 18.0. The number of hydrogen-bond donors (Lipinski definition) is 0. The van der Waals surface area contributed by atoms with E-state index in [1.165, 1.54) is 4.68 Å². The highest BCUT2D eigenvalue weighted by molar-refractivity contribution is 7.13. The highest BCUT2D eigenvalue weighted by atomic mass is 35.5. The van der Waals surface area contributed by atoms with E-state index in [9.17, 15) is 4.79 Å². The van der Waals surface area contributed by atoms with Gasteiger partial charge < -0.3 is 4.42 Å². The molecule has 1 aliphatic carbocycles. The largest absolute Gasteiger partial charge is 0.440 e. The van der Waals surface area contributed by atoms with Gasteiger partial charge in [-0.15, -0.1) is 11.3 Å². The maximum Gasteiger partial charge on any atom is 0.270 e. The Morgan fingerprint density at radius 2 is 2.30 bits per heavy atom. The van der Waals surface area contributed by atoms with Crippen molar-refractivity contribution in [2.24, 2.45) is 0 Å². The van der Waals surface area contributed by atoms with Gasteiger partial charge in [-0.2, -0.15) is 5.10 Å². The van der Waals surface area contributed by atoms with Crippen molar-refractivity contribution in [3.05, 3.63) is 56.1 Å². The Morgan fingerprint density at radius 3 is 3.00 bits per heavy atom. The van der Waals surface area contributed by atoms with E-state index in [1.807, 2.05) is 24.4 Å². The smallest absolute Gasteiger partial charge is 0.270 e. The molecule has 23 heavy (non-hydrogen) atoms. The van der Waals surface area contributed by atoms with Crippen LogP contribution in [0, 0.1) is 6.92 Å². The molecule has 0 aliphatic heterocycles. The Bertz CT molecular complexity index is 910. The third kappa shape index (κ3) is 2.84. The molecule has 5 nitrogen and oxygen atoms in total. The number of aromatic nitrogens is 3. The van der Waals surface area contributed by atoms with Crippen LogP contribution >= 0.6 is 22.9 Å². The first-order chi connectivity index (χ1) is 11.1. The van der Waals surface area contributed by atoms with Crippen LogP contribution in [-0.4, -0.2) is 14.8 Å². The minimum absolute atomic E-state index is 0.0861. The number of aryl methyl sites for hydroxylation is 1. The van der Waals surface area contributed by atoms with Crippen molar-refractivity contribution in [1.29, 1.82) is 0 Å². The molecule has 1 fully saturated rings. The minimum Gasteiger partial charge on any atom is -0.440 e. The van der Waals surface area contributed by atoms with Crippen LogP contribution in [0.3, 0.4) is 0 Å². The second kappa shape index (κ2) is 5.62. The molecule has 0 amide bonds. The van der Waals surface area contributed by atoms with Gasteiger partial charge in [-0.1, -0.05) is 17.7 Å². The summed E-state index contributed by atoms with van der Waals surface area (Å²) >= 11 is 7.64.